The molecule has 0 unspecified atom stereocenters. The predicted octanol–water partition coefficient (Wildman–Crippen LogP) is 2.62. The van der Waals surface area contributed by atoms with E-state index < -0.39 is 12.7 Å². The van der Waals surface area contributed by atoms with Gasteiger partial charge in [0.1, 0.15) is 12.2 Å². The molecule has 18 heavy (non-hydrogen) atoms. The molecule has 1 rings (SSSR count). The molecule has 0 aromatic carbocycles. The Morgan fingerprint density at radius 3 is 2.61 bits per heavy atom. The number of alkyl halides is 4. The minimum Gasteiger partial charge on any atom is -0.287 e. The van der Waals surface area contributed by atoms with Crippen molar-refractivity contribution in [3.05, 3.63) is 12.2 Å². The van der Waals surface area contributed by atoms with Gasteiger partial charge < -0.3 is 0 Å². The molecule has 0 atom stereocenters. The molecule has 0 aliphatic rings. The van der Waals surface area contributed by atoms with E-state index in [1.807, 2.05) is 13.8 Å². The highest BCUT2D eigenvalue weighted by Gasteiger charge is 2.31. The van der Waals surface area contributed by atoms with Crippen molar-refractivity contribution in [1.29, 1.82) is 0 Å². The van der Waals surface area contributed by atoms with E-state index in [1.54, 1.807) is 4.68 Å². The number of rotatable bonds is 6. The largest absolute Gasteiger partial charge is 0.401 e. The van der Waals surface area contributed by atoms with E-state index in [9.17, 15) is 13.2 Å². The number of hydrogen-bond acceptors (Lipinski definition) is 3. The lowest BCUT2D eigenvalue weighted by Gasteiger charge is -2.22. The molecule has 0 spiro atoms. The standard InChI is InChI=1S/C10H16BrF3N4/c1-8(2)18-9(15-7-16-18)5-17(4-3-11)6-10(12,13)14/h7-8H,3-6H2,1-2H3. The van der Waals surface area contributed by atoms with Gasteiger partial charge >= 0.3 is 6.18 Å². The summed E-state index contributed by atoms with van der Waals surface area (Å²) in [6.45, 7) is 3.34. The van der Waals surface area contributed by atoms with Crippen LogP contribution in [0.15, 0.2) is 6.33 Å². The summed E-state index contributed by atoms with van der Waals surface area (Å²) in [6, 6.07) is 0.0826. The van der Waals surface area contributed by atoms with Gasteiger partial charge in [-0.1, -0.05) is 15.9 Å². The van der Waals surface area contributed by atoms with Crippen LogP contribution in [-0.4, -0.2) is 44.3 Å². The summed E-state index contributed by atoms with van der Waals surface area (Å²) >= 11 is 3.16. The van der Waals surface area contributed by atoms with Crippen LogP contribution in [0.1, 0.15) is 25.7 Å². The molecule has 0 fully saturated rings. The Kier molecular flexibility index (Phi) is 5.58. The first-order chi connectivity index (χ1) is 8.33. The average Bonchev–Trinajstić information content (AvgIpc) is 2.63. The van der Waals surface area contributed by atoms with Crippen LogP contribution in [0, 0.1) is 0 Å². The lowest BCUT2D eigenvalue weighted by Crippen LogP contribution is -2.36. The number of nitrogens with zero attached hydrogens (tertiary/aromatic N) is 4. The van der Waals surface area contributed by atoms with Gasteiger partial charge in [-0.2, -0.15) is 18.3 Å². The summed E-state index contributed by atoms with van der Waals surface area (Å²) < 4.78 is 38.9. The second-order valence-corrected chi connectivity index (χ2v) is 5.02. The topological polar surface area (TPSA) is 34.0 Å². The smallest absolute Gasteiger partial charge is 0.287 e. The zero-order chi connectivity index (χ0) is 13.8. The Morgan fingerprint density at radius 1 is 1.44 bits per heavy atom. The predicted molar refractivity (Wildman–Crippen MR) is 65.5 cm³/mol. The molecule has 1 heterocycles. The van der Waals surface area contributed by atoms with Crippen molar-refractivity contribution in [3.8, 4) is 0 Å². The van der Waals surface area contributed by atoms with Crippen molar-refractivity contribution in [2.24, 2.45) is 0 Å². The fraction of sp³-hybridized carbons (Fsp3) is 0.800. The molecule has 0 radical (unpaired) electrons. The highest BCUT2D eigenvalue weighted by atomic mass is 79.9. The minimum atomic E-state index is -4.20. The Labute approximate surface area is 112 Å². The van der Waals surface area contributed by atoms with E-state index >= 15 is 0 Å². The molecule has 1 aromatic heterocycles. The van der Waals surface area contributed by atoms with Gasteiger partial charge in [0.25, 0.3) is 0 Å². The fourth-order valence-corrected chi connectivity index (χ4v) is 2.11. The third kappa shape index (κ3) is 4.93. The number of aromatic nitrogens is 3. The molecule has 0 bridgehead atoms. The maximum Gasteiger partial charge on any atom is 0.401 e. The monoisotopic (exact) mass is 328 g/mol. The van der Waals surface area contributed by atoms with Crippen molar-refractivity contribution >= 4 is 15.9 Å². The highest BCUT2D eigenvalue weighted by Crippen LogP contribution is 2.18. The number of hydrogen-bond donors (Lipinski definition) is 0. The summed E-state index contributed by atoms with van der Waals surface area (Å²) in [5.74, 6) is 0.551. The van der Waals surface area contributed by atoms with Crippen LogP contribution in [-0.2, 0) is 6.54 Å². The summed E-state index contributed by atoms with van der Waals surface area (Å²) in [5, 5.41) is 4.50. The van der Waals surface area contributed by atoms with Crippen molar-refractivity contribution in [2.45, 2.75) is 32.6 Å². The Balaban J connectivity index is 2.73. The van der Waals surface area contributed by atoms with Gasteiger partial charge in [-0.25, -0.2) is 9.67 Å². The molecule has 0 N–H and O–H groups in total. The van der Waals surface area contributed by atoms with E-state index in [2.05, 4.69) is 26.0 Å². The first-order valence-electron chi connectivity index (χ1n) is 5.57. The van der Waals surface area contributed by atoms with Gasteiger partial charge in [0.05, 0.1) is 13.1 Å². The molecule has 0 saturated carbocycles. The molecule has 1 aromatic rings. The van der Waals surface area contributed by atoms with Crippen molar-refractivity contribution in [3.63, 3.8) is 0 Å². The second kappa shape index (κ2) is 6.51. The van der Waals surface area contributed by atoms with Gasteiger partial charge in [-0.05, 0) is 13.8 Å². The average molecular weight is 329 g/mol. The van der Waals surface area contributed by atoms with Crippen LogP contribution in [0.5, 0.6) is 0 Å². The molecule has 0 aliphatic carbocycles. The summed E-state index contributed by atoms with van der Waals surface area (Å²) in [6.07, 6.45) is -2.83. The van der Waals surface area contributed by atoms with E-state index in [1.165, 1.54) is 11.2 Å². The molecule has 8 heteroatoms. The lowest BCUT2D eigenvalue weighted by molar-refractivity contribution is -0.146. The maximum atomic E-state index is 12.4. The van der Waals surface area contributed by atoms with E-state index in [-0.39, 0.29) is 12.6 Å². The second-order valence-electron chi connectivity index (χ2n) is 4.23. The SMILES string of the molecule is CC(C)n1ncnc1CN(CCBr)CC(F)(F)F. The van der Waals surface area contributed by atoms with Gasteiger partial charge in [0.2, 0.25) is 0 Å². The third-order valence-corrected chi connectivity index (χ3v) is 2.66. The molecular formula is C10H16BrF3N4. The first-order valence-corrected chi connectivity index (χ1v) is 6.69. The molecule has 0 aliphatic heterocycles. The molecule has 4 nitrogen and oxygen atoms in total. The normalized spacial score (nSPS) is 12.7. The van der Waals surface area contributed by atoms with Crippen molar-refractivity contribution < 1.29 is 13.2 Å². The quantitative estimate of drug-likeness (QED) is 0.753. The van der Waals surface area contributed by atoms with Crippen molar-refractivity contribution in [2.75, 3.05) is 18.4 Å². The highest BCUT2D eigenvalue weighted by molar-refractivity contribution is 9.09. The summed E-state index contributed by atoms with van der Waals surface area (Å²) in [5.41, 5.74) is 0. The molecule has 0 amide bonds. The Morgan fingerprint density at radius 2 is 2.11 bits per heavy atom. The Bertz CT molecular complexity index is 364. The van der Waals surface area contributed by atoms with Gasteiger partial charge in [0.15, 0.2) is 0 Å². The third-order valence-electron chi connectivity index (χ3n) is 2.31. The lowest BCUT2D eigenvalue weighted by atomic mass is 10.3. The van der Waals surface area contributed by atoms with Gasteiger partial charge in [0, 0.05) is 17.9 Å². The van der Waals surface area contributed by atoms with Crippen LogP contribution < -0.4 is 0 Å². The number of halogens is 4. The van der Waals surface area contributed by atoms with Gasteiger partial charge in [-0.15, -0.1) is 0 Å². The van der Waals surface area contributed by atoms with Crippen LogP contribution in [0.2, 0.25) is 0 Å². The van der Waals surface area contributed by atoms with Crippen LogP contribution in [0.25, 0.3) is 0 Å². The van der Waals surface area contributed by atoms with Crippen molar-refractivity contribution in [1.82, 2.24) is 19.7 Å². The van der Waals surface area contributed by atoms with Crippen LogP contribution >= 0.6 is 15.9 Å². The van der Waals surface area contributed by atoms with E-state index in [0.29, 0.717) is 17.7 Å². The first kappa shape index (κ1) is 15.4. The zero-order valence-electron chi connectivity index (χ0n) is 10.3. The van der Waals surface area contributed by atoms with Crippen LogP contribution in [0.3, 0.4) is 0 Å². The summed E-state index contributed by atoms with van der Waals surface area (Å²) in [4.78, 5) is 5.32. The van der Waals surface area contributed by atoms with E-state index in [0.717, 1.165) is 0 Å². The van der Waals surface area contributed by atoms with Gasteiger partial charge in [-0.3, -0.25) is 4.90 Å². The zero-order valence-corrected chi connectivity index (χ0v) is 11.9. The molecule has 104 valence electrons. The summed E-state index contributed by atoms with van der Waals surface area (Å²) in [7, 11) is 0. The van der Waals surface area contributed by atoms with E-state index in [4.69, 9.17) is 0 Å². The molecular weight excluding hydrogens is 313 g/mol. The minimum absolute atomic E-state index is 0.0826. The van der Waals surface area contributed by atoms with Crippen LogP contribution in [0.4, 0.5) is 13.2 Å². The Hall–Kier alpha value is -0.630. The fourth-order valence-electron chi connectivity index (χ4n) is 1.61. The molecule has 0 saturated heterocycles. The maximum absolute atomic E-state index is 12.4.